The van der Waals surface area contributed by atoms with Crippen molar-refractivity contribution in [3.8, 4) is 0 Å². The number of nitrogens with one attached hydrogen (secondary N) is 1. The second-order valence-electron chi connectivity index (χ2n) is 4.06. The Bertz CT molecular complexity index is 300. The van der Waals surface area contributed by atoms with Gasteiger partial charge in [-0.1, -0.05) is 12.1 Å². The van der Waals surface area contributed by atoms with E-state index in [0.717, 1.165) is 25.1 Å². The molecule has 0 amide bonds. The van der Waals surface area contributed by atoms with E-state index in [0.29, 0.717) is 0 Å². The van der Waals surface area contributed by atoms with Crippen molar-refractivity contribution in [3.05, 3.63) is 35.6 Å². The van der Waals surface area contributed by atoms with E-state index in [9.17, 15) is 9.50 Å². The smallest absolute Gasteiger partial charge is 0.123 e. The first kappa shape index (κ1) is 9.62. The third-order valence-corrected chi connectivity index (χ3v) is 2.83. The second-order valence-corrected chi connectivity index (χ2v) is 4.06. The summed E-state index contributed by atoms with van der Waals surface area (Å²) >= 11 is 0. The van der Waals surface area contributed by atoms with Crippen LogP contribution in [0.5, 0.6) is 0 Å². The molecule has 1 aliphatic rings. The van der Waals surface area contributed by atoms with Crippen LogP contribution in [0.2, 0.25) is 0 Å². The van der Waals surface area contributed by atoms with E-state index < -0.39 is 0 Å². The summed E-state index contributed by atoms with van der Waals surface area (Å²) in [5, 5.41) is 12.4. The number of halogens is 1. The highest BCUT2D eigenvalue weighted by atomic mass is 19.1. The molecule has 3 heteroatoms. The zero-order chi connectivity index (χ0) is 10.0. The zero-order valence-corrected chi connectivity index (χ0v) is 7.96. The Morgan fingerprint density at radius 1 is 1.29 bits per heavy atom. The van der Waals surface area contributed by atoms with Gasteiger partial charge in [-0.15, -0.1) is 0 Å². The summed E-state index contributed by atoms with van der Waals surface area (Å²) in [6, 6.07) is 6.50. The summed E-state index contributed by atoms with van der Waals surface area (Å²) in [7, 11) is 0. The van der Waals surface area contributed by atoms with Crippen LogP contribution in [-0.4, -0.2) is 24.8 Å². The van der Waals surface area contributed by atoms with E-state index in [1.165, 1.54) is 12.1 Å². The Morgan fingerprint density at radius 2 is 1.93 bits per heavy atom. The molecule has 0 unspecified atom stereocenters. The average molecular weight is 195 g/mol. The lowest BCUT2D eigenvalue weighted by atomic mass is 9.77. The molecular weight excluding hydrogens is 181 g/mol. The van der Waals surface area contributed by atoms with Gasteiger partial charge in [-0.3, -0.25) is 0 Å². The maximum atomic E-state index is 12.6. The molecule has 0 atom stereocenters. The van der Waals surface area contributed by atoms with Gasteiger partial charge in [-0.2, -0.15) is 0 Å². The molecule has 1 aliphatic heterocycles. The maximum absolute atomic E-state index is 12.6. The summed E-state index contributed by atoms with van der Waals surface area (Å²) < 4.78 is 12.6. The van der Waals surface area contributed by atoms with E-state index in [4.69, 9.17) is 0 Å². The fraction of sp³-hybridized carbons (Fsp3) is 0.455. The second kappa shape index (κ2) is 3.67. The number of benzene rings is 1. The Labute approximate surface area is 82.8 Å². The minimum Gasteiger partial charge on any atom is -0.396 e. The molecule has 1 aromatic rings. The predicted molar refractivity (Wildman–Crippen MR) is 52.5 cm³/mol. The van der Waals surface area contributed by atoms with Gasteiger partial charge >= 0.3 is 0 Å². The Hall–Kier alpha value is -0.930. The topological polar surface area (TPSA) is 32.3 Å². The van der Waals surface area contributed by atoms with Crippen LogP contribution in [0.1, 0.15) is 5.56 Å². The first-order valence-corrected chi connectivity index (χ1v) is 4.80. The van der Waals surface area contributed by atoms with E-state index in [-0.39, 0.29) is 17.8 Å². The number of hydrogen-bond acceptors (Lipinski definition) is 2. The molecule has 1 fully saturated rings. The van der Waals surface area contributed by atoms with E-state index >= 15 is 0 Å². The van der Waals surface area contributed by atoms with Gasteiger partial charge in [0.1, 0.15) is 5.82 Å². The van der Waals surface area contributed by atoms with Gasteiger partial charge in [0.15, 0.2) is 0 Å². The van der Waals surface area contributed by atoms with Crippen LogP contribution in [0, 0.1) is 11.2 Å². The van der Waals surface area contributed by atoms with Crippen LogP contribution in [0.4, 0.5) is 4.39 Å². The summed E-state index contributed by atoms with van der Waals surface area (Å²) in [4.78, 5) is 0. The SMILES string of the molecule is OCC1(Cc2ccc(F)cc2)CNC1. The highest BCUT2D eigenvalue weighted by Gasteiger charge is 2.36. The van der Waals surface area contributed by atoms with Crippen molar-refractivity contribution in [3.63, 3.8) is 0 Å². The normalized spacial score (nSPS) is 19.0. The number of aliphatic hydroxyl groups is 1. The molecule has 0 radical (unpaired) electrons. The molecule has 2 rings (SSSR count). The van der Waals surface area contributed by atoms with Gasteiger partial charge in [0.2, 0.25) is 0 Å². The molecule has 14 heavy (non-hydrogen) atoms. The van der Waals surface area contributed by atoms with Crippen molar-refractivity contribution >= 4 is 0 Å². The average Bonchev–Trinajstić information content (AvgIpc) is 2.15. The highest BCUT2D eigenvalue weighted by molar-refractivity contribution is 5.19. The van der Waals surface area contributed by atoms with Crippen LogP contribution in [-0.2, 0) is 6.42 Å². The standard InChI is InChI=1S/C11H14FNO/c12-10-3-1-9(2-4-10)5-11(8-14)6-13-7-11/h1-4,13-14H,5-8H2. The lowest BCUT2D eigenvalue weighted by Crippen LogP contribution is -2.56. The van der Waals surface area contributed by atoms with Crippen molar-refractivity contribution in [2.24, 2.45) is 5.41 Å². The Balaban J connectivity index is 2.06. The molecular formula is C11H14FNO. The molecule has 2 N–H and O–H groups in total. The Kier molecular flexibility index (Phi) is 2.52. The number of hydrogen-bond donors (Lipinski definition) is 2. The van der Waals surface area contributed by atoms with Crippen molar-refractivity contribution in [2.75, 3.05) is 19.7 Å². The number of rotatable bonds is 3. The van der Waals surface area contributed by atoms with Gasteiger partial charge in [0.05, 0.1) is 6.61 Å². The van der Waals surface area contributed by atoms with Crippen LogP contribution in [0.15, 0.2) is 24.3 Å². The molecule has 0 bridgehead atoms. The van der Waals surface area contributed by atoms with Crippen LogP contribution >= 0.6 is 0 Å². The third kappa shape index (κ3) is 1.79. The van der Waals surface area contributed by atoms with Crippen molar-refractivity contribution in [2.45, 2.75) is 6.42 Å². The molecule has 0 aliphatic carbocycles. The monoisotopic (exact) mass is 195 g/mol. The molecule has 0 spiro atoms. The first-order valence-electron chi connectivity index (χ1n) is 4.80. The molecule has 0 aromatic heterocycles. The first-order chi connectivity index (χ1) is 6.74. The van der Waals surface area contributed by atoms with E-state index in [1.54, 1.807) is 12.1 Å². The third-order valence-electron chi connectivity index (χ3n) is 2.83. The largest absolute Gasteiger partial charge is 0.396 e. The lowest BCUT2D eigenvalue weighted by molar-refractivity contribution is 0.0687. The molecule has 1 aromatic carbocycles. The number of aliphatic hydroxyl groups excluding tert-OH is 1. The molecule has 0 saturated carbocycles. The van der Waals surface area contributed by atoms with Gasteiger partial charge in [-0.25, -0.2) is 4.39 Å². The van der Waals surface area contributed by atoms with E-state index in [1.807, 2.05) is 0 Å². The maximum Gasteiger partial charge on any atom is 0.123 e. The quantitative estimate of drug-likeness (QED) is 0.752. The predicted octanol–water partition coefficient (Wildman–Crippen LogP) is 0.950. The molecule has 76 valence electrons. The summed E-state index contributed by atoms with van der Waals surface area (Å²) in [6.07, 6.45) is 0.816. The van der Waals surface area contributed by atoms with Crippen LogP contribution in [0.3, 0.4) is 0 Å². The minimum atomic E-state index is -0.210. The van der Waals surface area contributed by atoms with Gasteiger partial charge < -0.3 is 10.4 Å². The van der Waals surface area contributed by atoms with Crippen molar-refractivity contribution < 1.29 is 9.50 Å². The highest BCUT2D eigenvalue weighted by Crippen LogP contribution is 2.26. The van der Waals surface area contributed by atoms with Crippen molar-refractivity contribution in [1.82, 2.24) is 5.32 Å². The zero-order valence-electron chi connectivity index (χ0n) is 7.96. The van der Waals surface area contributed by atoms with Crippen LogP contribution in [0.25, 0.3) is 0 Å². The minimum absolute atomic E-state index is 0.0160. The van der Waals surface area contributed by atoms with Crippen molar-refractivity contribution in [1.29, 1.82) is 0 Å². The summed E-state index contributed by atoms with van der Waals surface area (Å²) in [5.41, 5.74) is 1.07. The molecule has 2 nitrogen and oxygen atoms in total. The fourth-order valence-corrected chi connectivity index (χ4v) is 1.81. The Morgan fingerprint density at radius 3 is 2.36 bits per heavy atom. The fourth-order valence-electron chi connectivity index (χ4n) is 1.81. The van der Waals surface area contributed by atoms with Gasteiger partial charge in [-0.05, 0) is 24.1 Å². The lowest BCUT2D eigenvalue weighted by Gasteiger charge is -2.41. The molecule has 1 heterocycles. The summed E-state index contributed by atoms with van der Waals surface area (Å²) in [6.45, 7) is 1.89. The molecule has 1 saturated heterocycles. The van der Waals surface area contributed by atoms with E-state index in [2.05, 4.69) is 5.32 Å². The van der Waals surface area contributed by atoms with Gasteiger partial charge in [0.25, 0.3) is 0 Å². The summed E-state index contributed by atoms with van der Waals surface area (Å²) in [5.74, 6) is -0.210. The van der Waals surface area contributed by atoms with Gasteiger partial charge in [0, 0.05) is 18.5 Å². The van der Waals surface area contributed by atoms with Crippen LogP contribution < -0.4 is 5.32 Å².